The molecule has 1 aromatic rings. The van der Waals surface area contributed by atoms with Gasteiger partial charge in [-0.15, -0.1) is 0 Å². The maximum Gasteiger partial charge on any atom is 0.234 e. The molecule has 2 amide bonds. The second-order valence-corrected chi connectivity index (χ2v) is 8.02. The molecule has 3 rings (SSSR count). The Morgan fingerprint density at radius 2 is 1.90 bits per heavy atom. The van der Waals surface area contributed by atoms with E-state index >= 15 is 0 Å². The summed E-state index contributed by atoms with van der Waals surface area (Å²) in [5, 5.41) is 15.7. The van der Waals surface area contributed by atoms with E-state index in [2.05, 4.69) is 15.5 Å². The van der Waals surface area contributed by atoms with E-state index in [9.17, 15) is 14.7 Å². The van der Waals surface area contributed by atoms with Crippen LogP contribution >= 0.6 is 0 Å². The number of ether oxygens (including phenoxy) is 2. The zero-order chi connectivity index (χ0) is 21.3. The van der Waals surface area contributed by atoms with E-state index in [0.29, 0.717) is 32.6 Å². The predicted octanol–water partition coefficient (Wildman–Crippen LogP) is 0.611. The third-order valence-electron chi connectivity index (χ3n) is 5.70. The van der Waals surface area contributed by atoms with Crippen molar-refractivity contribution < 1.29 is 24.2 Å². The maximum absolute atomic E-state index is 12.4. The van der Waals surface area contributed by atoms with Gasteiger partial charge < -0.3 is 25.2 Å². The van der Waals surface area contributed by atoms with Crippen molar-refractivity contribution in [1.29, 1.82) is 0 Å². The summed E-state index contributed by atoms with van der Waals surface area (Å²) in [5.74, 6) is -0.153. The van der Waals surface area contributed by atoms with Crippen molar-refractivity contribution in [3.8, 4) is 0 Å². The molecule has 0 spiro atoms. The number of benzene rings is 1. The fourth-order valence-electron chi connectivity index (χ4n) is 3.99. The molecular weight excluding hydrogens is 386 g/mol. The number of aliphatic hydroxyl groups is 1. The van der Waals surface area contributed by atoms with E-state index < -0.39 is 6.10 Å². The molecule has 0 radical (unpaired) electrons. The summed E-state index contributed by atoms with van der Waals surface area (Å²) >= 11 is 0. The molecule has 4 atom stereocenters. The van der Waals surface area contributed by atoms with Crippen LogP contribution in [0.4, 0.5) is 0 Å². The second kappa shape index (κ2) is 11.4. The standard InChI is InChI=1S/C22H33N3O5/c1-16(17-5-3-2-4-6-17)23-21(27)13-18-7-8-19(20(15-26)30-18)24-22(28)14-25-9-11-29-12-10-25/h2-6,16,18-20,26H,7-15H2,1H3,(H,23,27)(H,24,28)/t16-,18+,19+,20-/m1/s1. The van der Waals surface area contributed by atoms with Crippen molar-refractivity contribution in [3.63, 3.8) is 0 Å². The van der Waals surface area contributed by atoms with Gasteiger partial charge in [0.25, 0.3) is 0 Å². The number of rotatable bonds is 8. The summed E-state index contributed by atoms with van der Waals surface area (Å²) in [4.78, 5) is 26.8. The van der Waals surface area contributed by atoms with Crippen molar-refractivity contribution >= 4 is 11.8 Å². The molecule has 2 fully saturated rings. The van der Waals surface area contributed by atoms with Gasteiger partial charge in [0, 0.05) is 13.1 Å². The van der Waals surface area contributed by atoms with E-state index in [0.717, 1.165) is 18.7 Å². The van der Waals surface area contributed by atoms with Crippen LogP contribution in [0, 0.1) is 0 Å². The average Bonchev–Trinajstić information content (AvgIpc) is 2.76. The minimum atomic E-state index is -0.503. The maximum atomic E-state index is 12.4. The average molecular weight is 420 g/mol. The zero-order valence-corrected chi connectivity index (χ0v) is 17.6. The lowest BCUT2D eigenvalue weighted by atomic mass is 9.96. The highest BCUT2D eigenvalue weighted by Gasteiger charge is 2.33. The summed E-state index contributed by atoms with van der Waals surface area (Å²) < 4.78 is 11.2. The highest BCUT2D eigenvalue weighted by Crippen LogP contribution is 2.22. The Kier molecular flexibility index (Phi) is 8.62. The van der Waals surface area contributed by atoms with Gasteiger partial charge in [-0.05, 0) is 25.3 Å². The van der Waals surface area contributed by atoms with Crippen molar-refractivity contribution in [2.24, 2.45) is 0 Å². The first-order valence-corrected chi connectivity index (χ1v) is 10.7. The van der Waals surface area contributed by atoms with E-state index in [1.807, 2.05) is 37.3 Å². The lowest BCUT2D eigenvalue weighted by Gasteiger charge is -2.36. The summed E-state index contributed by atoms with van der Waals surface area (Å²) in [6.45, 7) is 4.86. The zero-order valence-electron chi connectivity index (χ0n) is 17.6. The van der Waals surface area contributed by atoms with Gasteiger partial charge in [0.2, 0.25) is 11.8 Å². The molecule has 30 heavy (non-hydrogen) atoms. The topological polar surface area (TPSA) is 100 Å². The molecule has 1 aromatic carbocycles. The first-order chi connectivity index (χ1) is 14.5. The van der Waals surface area contributed by atoms with Gasteiger partial charge in [-0.25, -0.2) is 0 Å². The first-order valence-electron chi connectivity index (χ1n) is 10.7. The molecule has 0 aromatic heterocycles. The largest absolute Gasteiger partial charge is 0.394 e. The van der Waals surface area contributed by atoms with E-state index in [1.165, 1.54) is 0 Å². The molecule has 0 unspecified atom stereocenters. The number of morpholine rings is 1. The van der Waals surface area contributed by atoms with Crippen molar-refractivity contribution in [2.75, 3.05) is 39.5 Å². The Bertz CT molecular complexity index is 681. The number of carbonyl (C=O) groups excluding carboxylic acids is 2. The molecule has 166 valence electrons. The molecule has 3 N–H and O–H groups in total. The van der Waals surface area contributed by atoms with Crippen LogP contribution in [0.15, 0.2) is 30.3 Å². The van der Waals surface area contributed by atoms with Gasteiger partial charge in [-0.2, -0.15) is 0 Å². The van der Waals surface area contributed by atoms with Gasteiger partial charge in [-0.3, -0.25) is 14.5 Å². The Hall–Kier alpha value is -2.00. The summed E-state index contributed by atoms with van der Waals surface area (Å²) in [5.41, 5.74) is 1.05. The number of hydrogen-bond acceptors (Lipinski definition) is 6. The minimum absolute atomic E-state index is 0.0724. The number of nitrogens with one attached hydrogen (secondary N) is 2. The molecule has 0 saturated carbocycles. The van der Waals surface area contributed by atoms with Crippen LogP contribution in [0.3, 0.4) is 0 Å². The van der Waals surface area contributed by atoms with Crippen LogP contribution in [-0.2, 0) is 19.1 Å². The van der Waals surface area contributed by atoms with Gasteiger partial charge in [0.05, 0.1) is 51.0 Å². The van der Waals surface area contributed by atoms with Crippen LogP contribution in [0.1, 0.15) is 37.8 Å². The van der Waals surface area contributed by atoms with E-state index in [4.69, 9.17) is 9.47 Å². The van der Waals surface area contributed by atoms with Crippen molar-refractivity contribution in [3.05, 3.63) is 35.9 Å². The highest BCUT2D eigenvalue weighted by molar-refractivity contribution is 5.78. The Morgan fingerprint density at radius 1 is 1.17 bits per heavy atom. The number of nitrogens with zero attached hydrogens (tertiary/aromatic N) is 1. The van der Waals surface area contributed by atoms with E-state index in [1.54, 1.807) is 0 Å². The fraction of sp³-hybridized carbons (Fsp3) is 0.636. The third kappa shape index (κ3) is 6.77. The number of amides is 2. The summed E-state index contributed by atoms with van der Waals surface area (Å²) in [6.07, 6.45) is 0.801. The van der Waals surface area contributed by atoms with Crippen molar-refractivity contribution in [2.45, 2.75) is 50.5 Å². The molecule has 8 heteroatoms. The first kappa shape index (κ1) is 22.7. The molecule has 2 aliphatic heterocycles. The van der Waals surface area contributed by atoms with Crippen LogP contribution in [0.2, 0.25) is 0 Å². The van der Waals surface area contributed by atoms with Gasteiger partial charge in [0.15, 0.2) is 0 Å². The van der Waals surface area contributed by atoms with Gasteiger partial charge >= 0.3 is 0 Å². The molecule has 0 aliphatic carbocycles. The lowest BCUT2D eigenvalue weighted by molar-refractivity contribution is -0.137. The molecule has 2 aliphatic rings. The minimum Gasteiger partial charge on any atom is -0.394 e. The molecule has 2 heterocycles. The molecular formula is C22H33N3O5. The SMILES string of the molecule is C[C@@H](NC(=O)C[C@@H]1CC[C@H](NC(=O)CN2CCOCC2)[C@@H](CO)O1)c1ccccc1. The van der Waals surface area contributed by atoms with Gasteiger partial charge in [-0.1, -0.05) is 30.3 Å². The number of hydrogen-bond donors (Lipinski definition) is 3. The fourth-order valence-corrected chi connectivity index (χ4v) is 3.99. The van der Waals surface area contributed by atoms with Crippen LogP contribution in [0.25, 0.3) is 0 Å². The predicted molar refractivity (Wildman–Crippen MR) is 112 cm³/mol. The number of aliphatic hydroxyl groups excluding tert-OH is 1. The molecule has 2 saturated heterocycles. The number of carbonyl (C=O) groups is 2. The van der Waals surface area contributed by atoms with Crippen molar-refractivity contribution in [1.82, 2.24) is 15.5 Å². The summed E-state index contributed by atoms with van der Waals surface area (Å²) in [6, 6.07) is 9.47. The molecule has 8 nitrogen and oxygen atoms in total. The van der Waals surface area contributed by atoms with Crippen LogP contribution in [0.5, 0.6) is 0 Å². The monoisotopic (exact) mass is 419 g/mol. The lowest BCUT2D eigenvalue weighted by Crippen LogP contribution is -2.53. The van der Waals surface area contributed by atoms with Crippen LogP contribution in [-0.4, -0.2) is 79.5 Å². The third-order valence-corrected chi connectivity index (χ3v) is 5.70. The Balaban J connectivity index is 1.43. The Morgan fingerprint density at radius 3 is 2.60 bits per heavy atom. The highest BCUT2D eigenvalue weighted by atomic mass is 16.5. The Labute approximate surface area is 177 Å². The molecule has 0 bridgehead atoms. The second-order valence-electron chi connectivity index (χ2n) is 8.02. The summed E-state index contributed by atoms with van der Waals surface area (Å²) in [7, 11) is 0. The normalized spacial score (nSPS) is 26.0. The van der Waals surface area contributed by atoms with Crippen LogP contribution < -0.4 is 10.6 Å². The van der Waals surface area contributed by atoms with Gasteiger partial charge in [0.1, 0.15) is 6.10 Å². The quantitative estimate of drug-likeness (QED) is 0.571. The van der Waals surface area contributed by atoms with E-state index in [-0.39, 0.29) is 43.0 Å². The smallest absolute Gasteiger partial charge is 0.234 e.